The van der Waals surface area contributed by atoms with Crippen LogP contribution in [0.1, 0.15) is 15.9 Å². The first-order valence-electron chi connectivity index (χ1n) is 9.51. The minimum absolute atomic E-state index is 0.0327. The summed E-state index contributed by atoms with van der Waals surface area (Å²) in [5.74, 6) is 2.17. The first-order chi connectivity index (χ1) is 13.7. The standard InChI is InChI=1S/C22H28N2O4/c1-26-19-7-5-4-6-17(19)10-11-23-12-14-24(15-13-23)22(25)18-8-9-20(27-2)21(16-18)28-3/h4-9,16H,10-15H2,1-3H3. The van der Waals surface area contributed by atoms with Gasteiger partial charge < -0.3 is 19.1 Å². The van der Waals surface area contributed by atoms with Crippen molar-refractivity contribution in [3.05, 3.63) is 53.6 Å². The molecule has 0 unspecified atom stereocenters. The molecule has 2 aromatic rings. The van der Waals surface area contributed by atoms with E-state index in [2.05, 4.69) is 11.0 Å². The quantitative estimate of drug-likeness (QED) is 0.735. The number of carbonyl (C=O) groups is 1. The number of ether oxygens (including phenoxy) is 3. The number of carbonyl (C=O) groups excluding carboxylic acids is 1. The number of para-hydroxylation sites is 1. The van der Waals surface area contributed by atoms with Crippen LogP contribution >= 0.6 is 0 Å². The van der Waals surface area contributed by atoms with Gasteiger partial charge in [-0.15, -0.1) is 0 Å². The van der Waals surface area contributed by atoms with Gasteiger partial charge in [0.05, 0.1) is 21.3 Å². The molecule has 0 N–H and O–H groups in total. The maximum atomic E-state index is 12.8. The Morgan fingerprint density at radius 3 is 2.21 bits per heavy atom. The number of methoxy groups -OCH3 is 3. The van der Waals surface area contributed by atoms with E-state index in [0.717, 1.165) is 44.9 Å². The summed E-state index contributed by atoms with van der Waals surface area (Å²) < 4.78 is 16.0. The van der Waals surface area contributed by atoms with Crippen molar-refractivity contribution in [3.8, 4) is 17.2 Å². The van der Waals surface area contributed by atoms with Gasteiger partial charge in [-0.25, -0.2) is 0 Å². The Morgan fingerprint density at radius 1 is 0.857 bits per heavy atom. The van der Waals surface area contributed by atoms with Gasteiger partial charge in [-0.1, -0.05) is 18.2 Å². The number of benzene rings is 2. The number of hydrogen-bond donors (Lipinski definition) is 0. The number of piperazine rings is 1. The molecule has 0 atom stereocenters. The van der Waals surface area contributed by atoms with Crippen molar-refractivity contribution in [2.45, 2.75) is 6.42 Å². The second kappa shape index (κ2) is 9.46. The van der Waals surface area contributed by atoms with E-state index in [1.54, 1.807) is 39.5 Å². The maximum absolute atomic E-state index is 12.8. The predicted octanol–water partition coefficient (Wildman–Crippen LogP) is 2.71. The number of nitrogens with zero attached hydrogens (tertiary/aromatic N) is 2. The fraction of sp³-hybridized carbons (Fsp3) is 0.409. The number of hydrogen-bond acceptors (Lipinski definition) is 5. The van der Waals surface area contributed by atoms with Gasteiger partial charge in [-0.3, -0.25) is 9.69 Å². The van der Waals surface area contributed by atoms with E-state index in [4.69, 9.17) is 14.2 Å². The molecule has 1 heterocycles. The van der Waals surface area contributed by atoms with Crippen LogP contribution in [0.5, 0.6) is 17.2 Å². The van der Waals surface area contributed by atoms with Crippen LogP contribution in [-0.4, -0.2) is 69.8 Å². The summed E-state index contributed by atoms with van der Waals surface area (Å²) in [5.41, 5.74) is 1.84. The lowest BCUT2D eigenvalue weighted by atomic mass is 10.1. The van der Waals surface area contributed by atoms with Gasteiger partial charge >= 0.3 is 0 Å². The van der Waals surface area contributed by atoms with E-state index in [9.17, 15) is 4.79 Å². The maximum Gasteiger partial charge on any atom is 0.254 e. The van der Waals surface area contributed by atoms with E-state index in [1.807, 2.05) is 23.1 Å². The lowest BCUT2D eigenvalue weighted by Gasteiger charge is -2.35. The Hall–Kier alpha value is -2.73. The van der Waals surface area contributed by atoms with Crippen LogP contribution < -0.4 is 14.2 Å². The molecule has 0 saturated carbocycles. The molecule has 6 heteroatoms. The minimum Gasteiger partial charge on any atom is -0.496 e. The first kappa shape index (κ1) is 20.0. The van der Waals surface area contributed by atoms with Crippen LogP contribution in [0.25, 0.3) is 0 Å². The number of rotatable bonds is 7. The van der Waals surface area contributed by atoms with Crippen LogP contribution in [0, 0.1) is 0 Å². The van der Waals surface area contributed by atoms with Gasteiger partial charge in [0.1, 0.15) is 5.75 Å². The van der Waals surface area contributed by atoms with Crippen LogP contribution in [0.3, 0.4) is 0 Å². The Morgan fingerprint density at radius 2 is 1.54 bits per heavy atom. The van der Waals surface area contributed by atoms with Crippen molar-refractivity contribution in [3.63, 3.8) is 0 Å². The Balaban J connectivity index is 1.54. The van der Waals surface area contributed by atoms with Crippen LogP contribution in [0.15, 0.2) is 42.5 Å². The zero-order valence-corrected chi connectivity index (χ0v) is 16.8. The van der Waals surface area contributed by atoms with E-state index in [1.165, 1.54) is 5.56 Å². The Labute approximate surface area is 166 Å². The molecule has 1 fully saturated rings. The van der Waals surface area contributed by atoms with Gasteiger partial charge in [0, 0.05) is 38.3 Å². The lowest BCUT2D eigenvalue weighted by Crippen LogP contribution is -2.49. The molecule has 0 spiro atoms. The van der Waals surface area contributed by atoms with Crippen molar-refractivity contribution in [1.29, 1.82) is 0 Å². The molecule has 3 rings (SSSR count). The average Bonchev–Trinajstić information content (AvgIpc) is 2.77. The molecule has 0 radical (unpaired) electrons. The van der Waals surface area contributed by atoms with Gasteiger partial charge in [0.15, 0.2) is 11.5 Å². The first-order valence-corrected chi connectivity index (χ1v) is 9.51. The third kappa shape index (κ3) is 4.57. The van der Waals surface area contributed by atoms with Gasteiger partial charge in [0.25, 0.3) is 5.91 Å². The van der Waals surface area contributed by atoms with Crippen molar-refractivity contribution in [2.24, 2.45) is 0 Å². The van der Waals surface area contributed by atoms with Crippen LogP contribution in [-0.2, 0) is 6.42 Å². The topological polar surface area (TPSA) is 51.2 Å². The molecular formula is C22H28N2O4. The van der Waals surface area contributed by atoms with E-state index >= 15 is 0 Å². The highest BCUT2D eigenvalue weighted by molar-refractivity contribution is 5.95. The SMILES string of the molecule is COc1ccccc1CCN1CCN(C(=O)c2ccc(OC)c(OC)c2)CC1. The van der Waals surface area contributed by atoms with Crippen LogP contribution in [0.4, 0.5) is 0 Å². The van der Waals surface area contributed by atoms with E-state index in [0.29, 0.717) is 17.1 Å². The smallest absolute Gasteiger partial charge is 0.254 e. The van der Waals surface area contributed by atoms with Gasteiger partial charge in [-0.05, 0) is 36.2 Å². The monoisotopic (exact) mass is 384 g/mol. The molecular weight excluding hydrogens is 356 g/mol. The second-order valence-corrected chi connectivity index (χ2v) is 6.77. The molecule has 1 aliphatic heterocycles. The highest BCUT2D eigenvalue weighted by Crippen LogP contribution is 2.28. The molecule has 0 aliphatic carbocycles. The van der Waals surface area contributed by atoms with E-state index in [-0.39, 0.29) is 5.91 Å². The molecule has 28 heavy (non-hydrogen) atoms. The summed E-state index contributed by atoms with van der Waals surface area (Å²) in [5, 5.41) is 0. The molecule has 2 aromatic carbocycles. The largest absolute Gasteiger partial charge is 0.496 e. The molecule has 1 amide bonds. The van der Waals surface area contributed by atoms with Gasteiger partial charge in [0.2, 0.25) is 0 Å². The van der Waals surface area contributed by atoms with Crippen molar-refractivity contribution in [1.82, 2.24) is 9.80 Å². The average molecular weight is 384 g/mol. The third-order valence-corrected chi connectivity index (χ3v) is 5.18. The third-order valence-electron chi connectivity index (χ3n) is 5.18. The minimum atomic E-state index is 0.0327. The number of amides is 1. The second-order valence-electron chi connectivity index (χ2n) is 6.77. The zero-order chi connectivity index (χ0) is 19.9. The van der Waals surface area contributed by atoms with Crippen molar-refractivity contribution >= 4 is 5.91 Å². The Bertz CT molecular complexity index is 801. The van der Waals surface area contributed by atoms with Crippen molar-refractivity contribution in [2.75, 3.05) is 54.1 Å². The summed E-state index contributed by atoms with van der Waals surface area (Å²) in [6, 6.07) is 13.4. The molecule has 150 valence electrons. The molecule has 0 bridgehead atoms. The fourth-order valence-corrected chi connectivity index (χ4v) is 3.51. The summed E-state index contributed by atoms with van der Waals surface area (Å²) in [6.07, 6.45) is 0.938. The summed E-state index contributed by atoms with van der Waals surface area (Å²) >= 11 is 0. The lowest BCUT2D eigenvalue weighted by molar-refractivity contribution is 0.0638. The molecule has 1 aliphatic rings. The van der Waals surface area contributed by atoms with Crippen molar-refractivity contribution < 1.29 is 19.0 Å². The zero-order valence-electron chi connectivity index (χ0n) is 16.8. The highest BCUT2D eigenvalue weighted by atomic mass is 16.5. The highest BCUT2D eigenvalue weighted by Gasteiger charge is 2.23. The summed E-state index contributed by atoms with van der Waals surface area (Å²) in [4.78, 5) is 17.1. The molecule has 0 aromatic heterocycles. The molecule has 1 saturated heterocycles. The van der Waals surface area contributed by atoms with E-state index < -0.39 is 0 Å². The summed E-state index contributed by atoms with van der Waals surface area (Å²) in [6.45, 7) is 4.14. The molecule has 6 nitrogen and oxygen atoms in total. The predicted molar refractivity (Wildman–Crippen MR) is 109 cm³/mol. The fourth-order valence-electron chi connectivity index (χ4n) is 3.51. The van der Waals surface area contributed by atoms with Gasteiger partial charge in [-0.2, -0.15) is 0 Å². The van der Waals surface area contributed by atoms with Crippen LogP contribution in [0.2, 0.25) is 0 Å². The Kier molecular flexibility index (Phi) is 6.76. The summed E-state index contributed by atoms with van der Waals surface area (Å²) in [7, 11) is 4.87. The normalized spacial score (nSPS) is 14.6.